The van der Waals surface area contributed by atoms with Crippen LogP contribution >= 0.6 is 0 Å². The van der Waals surface area contributed by atoms with Gasteiger partial charge in [-0.25, -0.2) is 4.79 Å². The molecule has 0 aliphatic rings. The van der Waals surface area contributed by atoms with Gasteiger partial charge in [0.05, 0.1) is 12.1 Å². The molecule has 6 heteroatoms. The zero-order chi connectivity index (χ0) is 13.6. The summed E-state index contributed by atoms with van der Waals surface area (Å²) in [4.78, 5) is 22.8. The Kier molecular flexibility index (Phi) is 5.95. The van der Waals surface area contributed by atoms with Gasteiger partial charge < -0.3 is 21.5 Å². The van der Waals surface area contributed by atoms with Gasteiger partial charge in [-0.15, -0.1) is 0 Å². The van der Waals surface area contributed by atoms with Crippen molar-refractivity contribution in [2.45, 2.75) is 45.7 Å². The van der Waals surface area contributed by atoms with Crippen LogP contribution in [0.15, 0.2) is 0 Å². The lowest BCUT2D eigenvalue weighted by Gasteiger charge is -2.30. The summed E-state index contributed by atoms with van der Waals surface area (Å²) in [7, 11) is 0. The molecule has 2 atom stereocenters. The van der Waals surface area contributed by atoms with Crippen LogP contribution in [0.5, 0.6) is 0 Å². The molecule has 0 aromatic heterocycles. The average molecular weight is 245 g/mol. The van der Waals surface area contributed by atoms with Crippen molar-refractivity contribution >= 4 is 11.9 Å². The lowest BCUT2D eigenvalue weighted by molar-refractivity contribution is -0.126. The van der Waals surface area contributed by atoms with Gasteiger partial charge >= 0.3 is 6.03 Å². The van der Waals surface area contributed by atoms with Crippen LogP contribution in [0.3, 0.4) is 0 Å². The van der Waals surface area contributed by atoms with Crippen LogP contribution in [-0.2, 0) is 4.79 Å². The summed E-state index contributed by atoms with van der Waals surface area (Å²) in [5.74, 6) is -0.417. The first-order valence-corrected chi connectivity index (χ1v) is 5.74. The first kappa shape index (κ1) is 15.7. The minimum atomic E-state index is -0.735. The molecule has 0 aliphatic carbocycles. The number of rotatable bonds is 6. The highest BCUT2D eigenvalue weighted by Crippen LogP contribution is 2.10. The number of amides is 3. The van der Waals surface area contributed by atoms with Crippen molar-refractivity contribution < 1.29 is 14.7 Å². The summed E-state index contributed by atoms with van der Waals surface area (Å²) in [6.45, 7) is 7.07. The molecular weight excluding hydrogens is 222 g/mol. The monoisotopic (exact) mass is 245 g/mol. The second-order valence-electron chi connectivity index (χ2n) is 4.79. The summed E-state index contributed by atoms with van der Waals surface area (Å²) in [5.41, 5.74) is 4.34. The highest BCUT2D eigenvalue weighted by Gasteiger charge is 2.29. The van der Waals surface area contributed by atoms with Gasteiger partial charge in [-0.2, -0.15) is 0 Å². The molecular formula is C11H23N3O3. The highest BCUT2D eigenvalue weighted by molar-refractivity contribution is 5.87. The molecule has 0 heterocycles. The van der Waals surface area contributed by atoms with Gasteiger partial charge in [0.25, 0.3) is 0 Å². The standard InChI is InChI=1S/C11H23N3O3/c1-5-11(4,6-15)14-9(16)8(7(2)3)13-10(12)17/h7-8,15H,5-6H2,1-4H3,(H,14,16)(H3,12,13,17). The van der Waals surface area contributed by atoms with E-state index in [9.17, 15) is 14.7 Å². The minimum Gasteiger partial charge on any atom is -0.394 e. The Morgan fingerprint density at radius 2 is 1.94 bits per heavy atom. The highest BCUT2D eigenvalue weighted by atomic mass is 16.3. The maximum absolute atomic E-state index is 12.0. The van der Waals surface area contributed by atoms with E-state index < -0.39 is 17.6 Å². The molecule has 3 amide bonds. The fourth-order valence-corrected chi connectivity index (χ4v) is 1.30. The Labute approximate surface area is 102 Å². The summed E-state index contributed by atoms with van der Waals surface area (Å²) in [5, 5.41) is 14.3. The topological polar surface area (TPSA) is 104 Å². The van der Waals surface area contributed by atoms with E-state index in [1.54, 1.807) is 6.92 Å². The van der Waals surface area contributed by atoms with Crippen LogP contribution in [0.4, 0.5) is 4.79 Å². The van der Waals surface area contributed by atoms with E-state index in [0.29, 0.717) is 6.42 Å². The number of hydrogen-bond acceptors (Lipinski definition) is 3. The van der Waals surface area contributed by atoms with Gasteiger partial charge in [0.2, 0.25) is 5.91 Å². The molecule has 0 radical (unpaired) electrons. The number of urea groups is 1. The molecule has 0 saturated carbocycles. The number of aliphatic hydroxyl groups is 1. The van der Waals surface area contributed by atoms with Gasteiger partial charge in [-0.05, 0) is 19.3 Å². The van der Waals surface area contributed by atoms with E-state index >= 15 is 0 Å². The largest absolute Gasteiger partial charge is 0.394 e. The predicted molar refractivity (Wildman–Crippen MR) is 65.3 cm³/mol. The molecule has 2 unspecified atom stereocenters. The molecule has 0 spiro atoms. The number of primary amides is 1. The van der Waals surface area contributed by atoms with Crippen molar-refractivity contribution in [3.63, 3.8) is 0 Å². The summed E-state index contributed by atoms with van der Waals surface area (Å²) in [6, 6.07) is -1.43. The number of nitrogens with one attached hydrogen (secondary N) is 2. The summed E-state index contributed by atoms with van der Waals surface area (Å²) in [6.07, 6.45) is 0.594. The minimum absolute atomic E-state index is 0.0812. The zero-order valence-corrected chi connectivity index (χ0v) is 10.9. The average Bonchev–Trinajstić information content (AvgIpc) is 2.24. The van der Waals surface area contributed by atoms with Gasteiger partial charge in [0.1, 0.15) is 6.04 Å². The number of aliphatic hydroxyl groups excluding tert-OH is 1. The third-order valence-corrected chi connectivity index (χ3v) is 2.80. The van der Waals surface area contributed by atoms with Crippen molar-refractivity contribution in [3.05, 3.63) is 0 Å². The Bertz CT molecular complexity index is 275. The molecule has 17 heavy (non-hydrogen) atoms. The Hall–Kier alpha value is -1.30. The molecule has 0 rings (SSSR count). The maximum Gasteiger partial charge on any atom is 0.312 e. The first-order valence-electron chi connectivity index (χ1n) is 5.74. The molecule has 6 nitrogen and oxygen atoms in total. The molecule has 100 valence electrons. The van der Waals surface area contributed by atoms with Crippen molar-refractivity contribution in [1.29, 1.82) is 0 Å². The van der Waals surface area contributed by atoms with E-state index in [1.807, 2.05) is 20.8 Å². The van der Waals surface area contributed by atoms with Gasteiger partial charge in [-0.3, -0.25) is 4.79 Å². The van der Waals surface area contributed by atoms with E-state index in [2.05, 4.69) is 10.6 Å². The van der Waals surface area contributed by atoms with Crippen LogP contribution in [0.1, 0.15) is 34.1 Å². The fourth-order valence-electron chi connectivity index (χ4n) is 1.30. The number of nitrogens with two attached hydrogens (primary N) is 1. The van der Waals surface area contributed by atoms with Crippen molar-refractivity contribution in [2.75, 3.05) is 6.61 Å². The smallest absolute Gasteiger partial charge is 0.312 e. The molecule has 5 N–H and O–H groups in total. The van der Waals surface area contributed by atoms with Gasteiger partial charge in [0, 0.05) is 0 Å². The quantitative estimate of drug-likeness (QED) is 0.527. The molecule has 0 fully saturated rings. The molecule has 0 saturated heterocycles. The van der Waals surface area contributed by atoms with Crippen LogP contribution in [0.25, 0.3) is 0 Å². The summed E-state index contributed by atoms with van der Waals surface area (Å²) >= 11 is 0. The van der Waals surface area contributed by atoms with Crippen LogP contribution in [-0.4, -0.2) is 35.2 Å². The van der Waals surface area contributed by atoms with Gasteiger partial charge in [0.15, 0.2) is 0 Å². The van der Waals surface area contributed by atoms with Crippen molar-refractivity contribution in [2.24, 2.45) is 11.7 Å². The normalized spacial score (nSPS) is 16.1. The second-order valence-corrected chi connectivity index (χ2v) is 4.79. The van der Waals surface area contributed by atoms with Crippen molar-refractivity contribution in [1.82, 2.24) is 10.6 Å². The lowest BCUT2D eigenvalue weighted by atomic mass is 9.97. The third kappa shape index (κ3) is 5.04. The predicted octanol–water partition coefficient (Wildman–Crippen LogP) is -0.0435. The van der Waals surface area contributed by atoms with E-state index in [4.69, 9.17) is 5.73 Å². The molecule has 0 aromatic carbocycles. The Balaban J connectivity index is 4.68. The number of carbonyl (C=O) groups excluding carboxylic acids is 2. The van der Waals surface area contributed by atoms with Crippen LogP contribution < -0.4 is 16.4 Å². The number of hydrogen-bond donors (Lipinski definition) is 4. The molecule has 0 aromatic rings. The molecule has 0 aliphatic heterocycles. The van der Waals surface area contributed by atoms with E-state index in [0.717, 1.165) is 0 Å². The first-order chi connectivity index (χ1) is 7.75. The van der Waals surface area contributed by atoms with Gasteiger partial charge in [-0.1, -0.05) is 20.8 Å². The fraction of sp³-hybridized carbons (Fsp3) is 0.818. The Morgan fingerprint density at radius 1 is 1.41 bits per heavy atom. The van der Waals surface area contributed by atoms with Crippen molar-refractivity contribution in [3.8, 4) is 0 Å². The summed E-state index contributed by atoms with van der Waals surface area (Å²) < 4.78 is 0. The van der Waals surface area contributed by atoms with E-state index in [-0.39, 0.29) is 18.4 Å². The van der Waals surface area contributed by atoms with Crippen LogP contribution in [0.2, 0.25) is 0 Å². The zero-order valence-electron chi connectivity index (χ0n) is 10.9. The Morgan fingerprint density at radius 3 is 2.24 bits per heavy atom. The lowest BCUT2D eigenvalue weighted by Crippen LogP contribution is -2.57. The van der Waals surface area contributed by atoms with Crippen LogP contribution in [0, 0.1) is 5.92 Å². The molecule has 0 bridgehead atoms. The second kappa shape index (κ2) is 6.44. The SMILES string of the molecule is CCC(C)(CO)NC(=O)C(NC(N)=O)C(C)C. The van der Waals surface area contributed by atoms with E-state index in [1.165, 1.54) is 0 Å². The number of carbonyl (C=O) groups is 2. The maximum atomic E-state index is 12.0. The third-order valence-electron chi connectivity index (χ3n) is 2.80.